The third kappa shape index (κ3) is 7.37. The summed E-state index contributed by atoms with van der Waals surface area (Å²) >= 11 is 1.99. The summed E-state index contributed by atoms with van der Waals surface area (Å²) in [4.78, 5) is 4.19. The van der Waals surface area contributed by atoms with Gasteiger partial charge in [-0.05, 0) is 39.4 Å². The van der Waals surface area contributed by atoms with Gasteiger partial charge in [0.25, 0.3) is 0 Å². The van der Waals surface area contributed by atoms with Gasteiger partial charge >= 0.3 is 0 Å². The van der Waals surface area contributed by atoms with E-state index in [0.717, 1.165) is 6.54 Å². The minimum absolute atomic E-state index is 0.262. The zero-order valence-electron chi connectivity index (χ0n) is 13.6. The van der Waals surface area contributed by atoms with Gasteiger partial charge in [-0.1, -0.05) is 0 Å². The van der Waals surface area contributed by atoms with Gasteiger partial charge in [-0.15, -0.1) is 0 Å². The average Bonchev–Trinajstić information content (AvgIpc) is 2.73. The van der Waals surface area contributed by atoms with Crippen molar-refractivity contribution < 1.29 is 8.42 Å². The Kier molecular flexibility index (Phi) is 6.36. The van der Waals surface area contributed by atoms with Crippen molar-refractivity contribution in [3.63, 3.8) is 0 Å². The summed E-state index contributed by atoms with van der Waals surface area (Å²) in [5.41, 5.74) is -0.572. The predicted molar refractivity (Wildman–Crippen MR) is 91.5 cm³/mol. The summed E-state index contributed by atoms with van der Waals surface area (Å²) in [6, 6.07) is 0. The van der Waals surface area contributed by atoms with Crippen LogP contribution in [0, 0.1) is 0 Å². The first-order valence-corrected chi connectivity index (χ1v) is 10.0. The van der Waals surface area contributed by atoms with Gasteiger partial charge in [-0.2, -0.15) is 11.8 Å². The third-order valence-corrected chi connectivity index (χ3v) is 5.77. The van der Waals surface area contributed by atoms with E-state index in [2.05, 4.69) is 27.3 Å². The summed E-state index contributed by atoms with van der Waals surface area (Å²) in [7, 11) is -1.51. The number of hydrogen-bond acceptors (Lipinski definition) is 4. The van der Waals surface area contributed by atoms with Crippen molar-refractivity contribution in [2.75, 3.05) is 32.1 Å². The molecule has 1 aliphatic heterocycles. The highest BCUT2D eigenvalue weighted by Crippen LogP contribution is 2.36. The zero-order valence-corrected chi connectivity index (χ0v) is 15.2. The molecule has 0 radical (unpaired) electrons. The number of nitrogens with one attached hydrogen (secondary N) is 3. The second-order valence-electron chi connectivity index (χ2n) is 6.44. The quantitative estimate of drug-likeness (QED) is 0.493. The van der Waals surface area contributed by atoms with E-state index in [1.54, 1.807) is 7.05 Å². The molecule has 1 fully saturated rings. The lowest BCUT2D eigenvalue weighted by Gasteiger charge is -2.28. The maximum absolute atomic E-state index is 11.3. The molecule has 124 valence electrons. The van der Waals surface area contributed by atoms with E-state index in [1.807, 2.05) is 25.6 Å². The Bertz CT molecular complexity index is 469. The number of guanidine groups is 1. The first-order valence-electron chi connectivity index (χ1n) is 7.13. The van der Waals surface area contributed by atoms with Crippen LogP contribution in [0.2, 0.25) is 0 Å². The fourth-order valence-electron chi connectivity index (χ4n) is 2.31. The Morgan fingerprint density at radius 3 is 2.52 bits per heavy atom. The smallest absolute Gasteiger partial charge is 0.209 e. The van der Waals surface area contributed by atoms with Crippen molar-refractivity contribution in [1.82, 2.24) is 15.4 Å². The Labute approximate surface area is 133 Å². The van der Waals surface area contributed by atoms with Crippen LogP contribution >= 0.6 is 11.8 Å². The molecule has 1 aliphatic rings. The molecule has 0 saturated carbocycles. The maximum atomic E-state index is 11.3. The topological polar surface area (TPSA) is 82.6 Å². The highest BCUT2D eigenvalue weighted by molar-refractivity contribution is 8.00. The molecule has 0 bridgehead atoms. The van der Waals surface area contributed by atoms with Gasteiger partial charge in [0, 0.05) is 30.4 Å². The van der Waals surface area contributed by atoms with Gasteiger partial charge in [-0.3, -0.25) is 4.99 Å². The standard InChI is InChI=1S/C13H28N4O2S2/c1-12(2,17-21(5,18)19)9-15-11(14-4)16-10-13(3)7-6-8-20-13/h17H,6-10H2,1-5H3,(H2,14,15,16). The average molecular weight is 337 g/mol. The zero-order chi connectivity index (χ0) is 16.1. The molecule has 21 heavy (non-hydrogen) atoms. The fraction of sp³-hybridized carbons (Fsp3) is 0.923. The lowest BCUT2D eigenvalue weighted by atomic mass is 10.1. The van der Waals surface area contributed by atoms with Crippen LogP contribution in [0.4, 0.5) is 0 Å². The lowest BCUT2D eigenvalue weighted by molar-refractivity contribution is 0.445. The predicted octanol–water partition coefficient (Wildman–Crippen LogP) is 0.765. The summed E-state index contributed by atoms with van der Waals surface area (Å²) in [6.45, 7) is 7.26. The minimum Gasteiger partial charge on any atom is -0.355 e. The van der Waals surface area contributed by atoms with E-state index < -0.39 is 15.6 Å². The molecule has 0 aromatic rings. The van der Waals surface area contributed by atoms with E-state index in [0.29, 0.717) is 12.5 Å². The number of nitrogens with zero attached hydrogens (tertiary/aromatic N) is 1. The Morgan fingerprint density at radius 1 is 1.38 bits per heavy atom. The van der Waals surface area contributed by atoms with Crippen LogP contribution < -0.4 is 15.4 Å². The molecule has 6 nitrogen and oxygen atoms in total. The number of thioether (sulfide) groups is 1. The van der Waals surface area contributed by atoms with Crippen LogP contribution in [-0.4, -0.2) is 56.8 Å². The molecule has 1 unspecified atom stereocenters. The molecule has 1 atom stereocenters. The van der Waals surface area contributed by atoms with Crippen LogP contribution in [0.15, 0.2) is 4.99 Å². The summed E-state index contributed by atoms with van der Waals surface area (Å²) < 4.78 is 25.5. The SMILES string of the molecule is CN=C(NCC(C)(C)NS(C)(=O)=O)NCC1(C)CCCS1. The minimum atomic E-state index is -3.23. The van der Waals surface area contributed by atoms with Crippen molar-refractivity contribution in [2.24, 2.45) is 4.99 Å². The van der Waals surface area contributed by atoms with Gasteiger partial charge < -0.3 is 10.6 Å². The first-order chi connectivity index (χ1) is 9.55. The van der Waals surface area contributed by atoms with E-state index in [9.17, 15) is 8.42 Å². The van der Waals surface area contributed by atoms with Crippen LogP contribution in [-0.2, 0) is 10.0 Å². The molecule has 1 saturated heterocycles. The van der Waals surface area contributed by atoms with Crippen LogP contribution in [0.1, 0.15) is 33.6 Å². The second-order valence-corrected chi connectivity index (χ2v) is 9.87. The van der Waals surface area contributed by atoms with Crippen molar-refractivity contribution in [1.29, 1.82) is 0 Å². The van der Waals surface area contributed by atoms with E-state index in [-0.39, 0.29) is 4.75 Å². The van der Waals surface area contributed by atoms with Crippen molar-refractivity contribution in [3.8, 4) is 0 Å². The number of sulfonamides is 1. The van der Waals surface area contributed by atoms with Crippen LogP contribution in [0.5, 0.6) is 0 Å². The van der Waals surface area contributed by atoms with E-state index in [1.165, 1.54) is 24.9 Å². The molecule has 0 aromatic heterocycles. The molecule has 3 N–H and O–H groups in total. The van der Waals surface area contributed by atoms with E-state index in [4.69, 9.17) is 0 Å². The number of rotatable bonds is 6. The summed E-state index contributed by atoms with van der Waals surface area (Å²) in [5.74, 6) is 1.92. The Balaban J connectivity index is 2.44. The molecule has 8 heteroatoms. The number of hydrogen-bond donors (Lipinski definition) is 3. The van der Waals surface area contributed by atoms with Crippen LogP contribution in [0.3, 0.4) is 0 Å². The molecule has 1 heterocycles. The monoisotopic (exact) mass is 336 g/mol. The molecular weight excluding hydrogens is 308 g/mol. The molecular formula is C13H28N4O2S2. The highest BCUT2D eigenvalue weighted by Gasteiger charge is 2.29. The molecule has 0 aliphatic carbocycles. The Morgan fingerprint density at radius 2 is 2.05 bits per heavy atom. The van der Waals surface area contributed by atoms with Crippen molar-refractivity contribution >= 4 is 27.7 Å². The molecule has 1 rings (SSSR count). The first kappa shape index (κ1) is 18.6. The molecule has 0 aromatic carbocycles. The second kappa shape index (κ2) is 7.19. The Hall–Kier alpha value is -0.470. The van der Waals surface area contributed by atoms with Gasteiger partial charge in [0.1, 0.15) is 0 Å². The normalized spacial score (nSPS) is 24.1. The number of aliphatic imine (C=N–C) groups is 1. The van der Waals surface area contributed by atoms with Gasteiger partial charge in [0.2, 0.25) is 10.0 Å². The maximum Gasteiger partial charge on any atom is 0.209 e. The van der Waals surface area contributed by atoms with Crippen LogP contribution in [0.25, 0.3) is 0 Å². The van der Waals surface area contributed by atoms with Gasteiger partial charge in [-0.25, -0.2) is 13.1 Å². The van der Waals surface area contributed by atoms with E-state index >= 15 is 0 Å². The highest BCUT2D eigenvalue weighted by atomic mass is 32.2. The van der Waals surface area contributed by atoms with Crippen molar-refractivity contribution in [3.05, 3.63) is 0 Å². The fourth-order valence-corrected chi connectivity index (χ4v) is 4.63. The molecule has 0 spiro atoms. The lowest BCUT2D eigenvalue weighted by Crippen LogP contribution is -2.53. The van der Waals surface area contributed by atoms with Gasteiger partial charge in [0.05, 0.1) is 6.26 Å². The third-order valence-electron chi connectivity index (χ3n) is 3.31. The summed E-state index contributed by atoms with van der Waals surface area (Å²) in [5, 5.41) is 6.50. The van der Waals surface area contributed by atoms with Gasteiger partial charge in [0.15, 0.2) is 5.96 Å². The van der Waals surface area contributed by atoms with Crippen molar-refractivity contribution in [2.45, 2.75) is 43.9 Å². The molecule has 0 amide bonds. The largest absolute Gasteiger partial charge is 0.355 e. The summed E-state index contributed by atoms with van der Waals surface area (Å²) in [6.07, 6.45) is 3.64.